The summed E-state index contributed by atoms with van der Waals surface area (Å²) >= 11 is 6.17. The van der Waals surface area contributed by atoms with Crippen LogP contribution in [0.15, 0.2) is 23.4 Å². The Kier molecular flexibility index (Phi) is 5.09. The van der Waals surface area contributed by atoms with E-state index in [2.05, 4.69) is 5.16 Å². The van der Waals surface area contributed by atoms with Gasteiger partial charge in [0, 0.05) is 19.1 Å². The quantitative estimate of drug-likeness (QED) is 0.388. The molecule has 6 heteroatoms. The highest BCUT2D eigenvalue weighted by molar-refractivity contribution is 6.32. The van der Waals surface area contributed by atoms with Crippen molar-refractivity contribution >= 4 is 17.4 Å². The molecular formula is C14H19ClN2O3. The van der Waals surface area contributed by atoms with Gasteiger partial charge >= 0.3 is 0 Å². The van der Waals surface area contributed by atoms with E-state index < -0.39 is 0 Å². The molecule has 1 aromatic carbocycles. The summed E-state index contributed by atoms with van der Waals surface area (Å²) in [6.07, 6.45) is 4.40. The lowest BCUT2D eigenvalue weighted by Crippen LogP contribution is -2.29. The lowest BCUT2D eigenvalue weighted by atomic mass is 9.95. The number of oxime groups is 1. The van der Waals surface area contributed by atoms with Crippen LogP contribution >= 0.6 is 11.6 Å². The van der Waals surface area contributed by atoms with Gasteiger partial charge in [0.1, 0.15) is 11.9 Å². The lowest BCUT2D eigenvalue weighted by Gasteiger charge is -2.29. The van der Waals surface area contributed by atoms with E-state index in [0.717, 1.165) is 25.7 Å². The molecule has 2 atom stereocenters. The van der Waals surface area contributed by atoms with E-state index in [0.29, 0.717) is 16.3 Å². The van der Waals surface area contributed by atoms with Crippen LogP contribution in [0.5, 0.6) is 5.75 Å². The molecule has 110 valence electrons. The molecule has 5 nitrogen and oxygen atoms in total. The van der Waals surface area contributed by atoms with E-state index in [9.17, 15) is 0 Å². The fourth-order valence-corrected chi connectivity index (χ4v) is 2.64. The zero-order valence-corrected chi connectivity index (χ0v) is 12.1. The molecule has 0 aromatic heterocycles. The van der Waals surface area contributed by atoms with Crippen molar-refractivity contribution < 1.29 is 14.7 Å². The molecule has 0 spiro atoms. The van der Waals surface area contributed by atoms with Crippen LogP contribution in [0.25, 0.3) is 0 Å². The van der Waals surface area contributed by atoms with Crippen LogP contribution < -0.4 is 10.5 Å². The minimum atomic E-state index is 0.0237. The molecule has 20 heavy (non-hydrogen) atoms. The van der Waals surface area contributed by atoms with Crippen LogP contribution in [0.1, 0.15) is 31.2 Å². The zero-order valence-electron chi connectivity index (χ0n) is 11.4. The summed E-state index contributed by atoms with van der Waals surface area (Å²) in [5.74, 6) is 0.637. The van der Waals surface area contributed by atoms with Gasteiger partial charge in [0.15, 0.2) is 5.84 Å². The molecular weight excluding hydrogens is 280 g/mol. The van der Waals surface area contributed by atoms with Crippen molar-refractivity contribution in [2.24, 2.45) is 10.9 Å². The number of hydrogen-bond donors (Lipinski definition) is 2. The van der Waals surface area contributed by atoms with E-state index in [1.807, 2.05) is 0 Å². The second kappa shape index (κ2) is 6.81. The number of halogens is 1. The Morgan fingerprint density at radius 3 is 2.80 bits per heavy atom. The summed E-state index contributed by atoms with van der Waals surface area (Å²) in [6, 6.07) is 5.08. The molecule has 2 rings (SSSR count). The molecule has 0 amide bonds. The smallest absolute Gasteiger partial charge is 0.170 e. The molecule has 1 saturated carbocycles. The Balaban J connectivity index is 2.06. The first kappa shape index (κ1) is 14.9. The lowest BCUT2D eigenvalue weighted by molar-refractivity contribution is 0.0210. The van der Waals surface area contributed by atoms with E-state index in [-0.39, 0.29) is 18.0 Å². The predicted octanol–water partition coefficient (Wildman–Crippen LogP) is 2.77. The van der Waals surface area contributed by atoms with Gasteiger partial charge in [-0.1, -0.05) is 16.8 Å². The third-order valence-electron chi connectivity index (χ3n) is 3.54. The molecule has 0 heterocycles. The number of amidine groups is 1. The highest BCUT2D eigenvalue weighted by atomic mass is 35.5. The summed E-state index contributed by atoms with van der Waals surface area (Å²) in [6.45, 7) is 0. The monoisotopic (exact) mass is 298 g/mol. The van der Waals surface area contributed by atoms with Crippen molar-refractivity contribution in [3.8, 4) is 5.75 Å². The number of nitrogens with two attached hydrogens (primary N) is 1. The molecule has 1 aliphatic rings. The summed E-state index contributed by atoms with van der Waals surface area (Å²) in [7, 11) is 1.73. The Morgan fingerprint density at radius 1 is 1.40 bits per heavy atom. The van der Waals surface area contributed by atoms with Crippen LogP contribution in [0.4, 0.5) is 0 Å². The van der Waals surface area contributed by atoms with E-state index in [1.54, 1.807) is 25.3 Å². The third-order valence-corrected chi connectivity index (χ3v) is 3.84. The van der Waals surface area contributed by atoms with E-state index in [1.165, 1.54) is 0 Å². The van der Waals surface area contributed by atoms with Crippen molar-refractivity contribution in [1.82, 2.24) is 0 Å². The van der Waals surface area contributed by atoms with Crippen LogP contribution in [-0.4, -0.2) is 30.4 Å². The van der Waals surface area contributed by atoms with Crippen molar-refractivity contribution in [3.05, 3.63) is 28.8 Å². The second-order valence-corrected chi connectivity index (χ2v) is 5.30. The number of rotatable bonds is 4. The Morgan fingerprint density at radius 2 is 2.15 bits per heavy atom. The number of ether oxygens (including phenoxy) is 2. The largest absolute Gasteiger partial charge is 0.489 e. The molecule has 0 bridgehead atoms. The minimum Gasteiger partial charge on any atom is -0.489 e. The van der Waals surface area contributed by atoms with Gasteiger partial charge in [-0.05, 0) is 37.5 Å². The summed E-state index contributed by atoms with van der Waals surface area (Å²) < 4.78 is 11.3. The van der Waals surface area contributed by atoms with Gasteiger partial charge in [0.2, 0.25) is 0 Å². The third kappa shape index (κ3) is 3.55. The maximum absolute atomic E-state index is 8.64. The number of benzene rings is 1. The molecule has 3 N–H and O–H groups in total. The van der Waals surface area contributed by atoms with E-state index in [4.69, 9.17) is 32.0 Å². The standard InChI is InChI=1S/C14H19ClN2O3/c1-19-10-3-2-4-11(8-10)20-13-6-5-9(7-12(13)15)14(16)17-18/h5-7,10-11,18H,2-4,8H2,1H3,(H2,16,17). The van der Waals surface area contributed by atoms with Gasteiger partial charge in [-0.25, -0.2) is 0 Å². The van der Waals surface area contributed by atoms with Crippen LogP contribution in [0.3, 0.4) is 0 Å². The summed E-state index contributed by atoms with van der Waals surface area (Å²) in [5, 5.41) is 12.0. The van der Waals surface area contributed by atoms with Crippen molar-refractivity contribution in [1.29, 1.82) is 0 Å². The fraction of sp³-hybridized carbons (Fsp3) is 0.500. The molecule has 0 saturated heterocycles. The zero-order chi connectivity index (χ0) is 14.5. The predicted molar refractivity (Wildman–Crippen MR) is 77.6 cm³/mol. The number of hydrogen-bond acceptors (Lipinski definition) is 4. The summed E-state index contributed by atoms with van der Waals surface area (Å²) in [5.41, 5.74) is 6.08. The van der Waals surface area contributed by atoms with Crippen LogP contribution in [0.2, 0.25) is 5.02 Å². The average molecular weight is 299 g/mol. The van der Waals surface area contributed by atoms with E-state index >= 15 is 0 Å². The highest BCUT2D eigenvalue weighted by Gasteiger charge is 2.23. The first-order valence-corrected chi connectivity index (χ1v) is 6.98. The first-order chi connectivity index (χ1) is 9.63. The minimum absolute atomic E-state index is 0.0237. The molecule has 1 aromatic rings. The number of nitrogens with zero attached hydrogens (tertiary/aromatic N) is 1. The highest BCUT2D eigenvalue weighted by Crippen LogP contribution is 2.30. The van der Waals surface area contributed by atoms with Crippen LogP contribution in [0, 0.1) is 0 Å². The van der Waals surface area contributed by atoms with Gasteiger partial charge in [-0.3, -0.25) is 0 Å². The van der Waals surface area contributed by atoms with Crippen molar-refractivity contribution in [2.75, 3.05) is 7.11 Å². The topological polar surface area (TPSA) is 77.1 Å². The Bertz CT molecular complexity index is 493. The summed E-state index contributed by atoms with van der Waals surface area (Å²) in [4.78, 5) is 0. The van der Waals surface area contributed by atoms with Gasteiger partial charge in [-0.2, -0.15) is 0 Å². The SMILES string of the molecule is COC1CCCC(Oc2ccc(C(N)=NO)cc2Cl)C1. The van der Waals surface area contributed by atoms with Gasteiger partial charge in [0.05, 0.1) is 11.1 Å². The second-order valence-electron chi connectivity index (χ2n) is 4.89. The van der Waals surface area contributed by atoms with Gasteiger partial charge < -0.3 is 20.4 Å². The molecule has 0 aliphatic heterocycles. The maximum Gasteiger partial charge on any atom is 0.170 e. The van der Waals surface area contributed by atoms with Crippen molar-refractivity contribution in [3.63, 3.8) is 0 Å². The molecule has 1 aliphatic carbocycles. The molecule has 2 unspecified atom stereocenters. The van der Waals surface area contributed by atoms with Crippen molar-refractivity contribution in [2.45, 2.75) is 37.9 Å². The molecule has 0 radical (unpaired) electrons. The fourth-order valence-electron chi connectivity index (χ4n) is 2.42. The maximum atomic E-state index is 8.64. The van der Waals surface area contributed by atoms with Crippen LogP contribution in [-0.2, 0) is 4.74 Å². The average Bonchev–Trinajstić information content (AvgIpc) is 2.48. The Hall–Kier alpha value is -1.46. The Labute approximate surface area is 123 Å². The number of methoxy groups -OCH3 is 1. The first-order valence-electron chi connectivity index (χ1n) is 6.61. The molecule has 1 fully saturated rings. The van der Waals surface area contributed by atoms with Gasteiger partial charge in [-0.15, -0.1) is 0 Å². The normalized spacial score (nSPS) is 23.6. The van der Waals surface area contributed by atoms with Gasteiger partial charge in [0.25, 0.3) is 0 Å².